The molecule has 1 aromatic heterocycles. The molecular formula is C21H15ClN2O2. The minimum atomic E-state index is -0.151. The molecule has 26 heavy (non-hydrogen) atoms. The Morgan fingerprint density at radius 1 is 1.08 bits per heavy atom. The number of aromatic nitrogens is 1. The summed E-state index contributed by atoms with van der Waals surface area (Å²) in [6.45, 7) is 0.361. The van der Waals surface area contributed by atoms with Crippen LogP contribution >= 0.6 is 11.6 Å². The first-order valence-electron chi connectivity index (χ1n) is 8.15. The van der Waals surface area contributed by atoms with Gasteiger partial charge in [0.25, 0.3) is 5.91 Å². The van der Waals surface area contributed by atoms with Gasteiger partial charge in [-0.1, -0.05) is 41.9 Å². The minimum absolute atomic E-state index is 0.151. The highest BCUT2D eigenvalue weighted by Crippen LogP contribution is 2.36. The van der Waals surface area contributed by atoms with Gasteiger partial charge in [-0.05, 0) is 36.4 Å². The summed E-state index contributed by atoms with van der Waals surface area (Å²) in [4.78, 5) is 16.6. The lowest BCUT2D eigenvalue weighted by atomic mass is 10.0. The van der Waals surface area contributed by atoms with Crippen LogP contribution in [0.1, 0.15) is 16.8 Å². The Morgan fingerprint density at radius 3 is 2.77 bits per heavy atom. The monoisotopic (exact) mass is 362 g/mol. The number of ether oxygens (including phenoxy) is 1. The molecule has 0 spiro atoms. The molecule has 3 aromatic rings. The van der Waals surface area contributed by atoms with Crippen molar-refractivity contribution in [2.75, 3.05) is 5.32 Å². The van der Waals surface area contributed by atoms with Crippen LogP contribution in [-0.2, 0) is 11.4 Å². The molecule has 1 N–H and O–H groups in total. The molecule has 1 amide bonds. The van der Waals surface area contributed by atoms with Gasteiger partial charge in [-0.3, -0.25) is 9.78 Å². The van der Waals surface area contributed by atoms with Crippen LogP contribution < -0.4 is 10.1 Å². The van der Waals surface area contributed by atoms with E-state index < -0.39 is 0 Å². The second kappa shape index (κ2) is 7.02. The molecule has 0 saturated carbocycles. The van der Waals surface area contributed by atoms with Crippen LogP contribution in [0.25, 0.3) is 11.6 Å². The van der Waals surface area contributed by atoms with Crippen molar-refractivity contribution in [1.82, 2.24) is 4.98 Å². The summed E-state index contributed by atoms with van der Waals surface area (Å²) in [6, 6.07) is 18.7. The van der Waals surface area contributed by atoms with Gasteiger partial charge in [-0.15, -0.1) is 0 Å². The number of anilines is 1. The van der Waals surface area contributed by atoms with E-state index in [0.29, 0.717) is 23.0 Å². The number of rotatable bonds is 4. The summed E-state index contributed by atoms with van der Waals surface area (Å²) in [6.07, 6.45) is 3.57. The number of carbonyl (C=O) groups is 1. The molecule has 1 aliphatic heterocycles. The molecule has 4 rings (SSSR count). The number of nitrogens with one attached hydrogen (secondary N) is 1. The largest absolute Gasteiger partial charge is 0.487 e. The van der Waals surface area contributed by atoms with Gasteiger partial charge >= 0.3 is 0 Å². The highest BCUT2D eigenvalue weighted by Gasteiger charge is 2.24. The van der Waals surface area contributed by atoms with Crippen LogP contribution in [0.3, 0.4) is 0 Å². The van der Waals surface area contributed by atoms with Crippen LogP contribution in [0.5, 0.6) is 5.75 Å². The van der Waals surface area contributed by atoms with Crippen LogP contribution in [-0.4, -0.2) is 10.9 Å². The van der Waals surface area contributed by atoms with E-state index in [0.717, 1.165) is 22.5 Å². The van der Waals surface area contributed by atoms with E-state index in [9.17, 15) is 4.79 Å². The second-order valence-corrected chi connectivity index (χ2v) is 6.29. The fraction of sp³-hybridized carbons (Fsp3) is 0.0476. The van der Waals surface area contributed by atoms with Gasteiger partial charge in [0.05, 0.1) is 11.4 Å². The lowest BCUT2D eigenvalue weighted by Crippen LogP contribution is -2.04. The van der Waals surface area contributed by atoms with Crippen LogP contribution in [0, 0.1) is 0 Å². The van der Waals surface area contributed by atoms with Gasteiger partial charge in [0.1, 0.15) is 12.4 Å². The Balaban J connectivity index is 1.65. The molecule has 4 nitrogen and oxygen atoms in total. The normalized spacial score (nSPS) is 14.2. The third kappa shape index (κ3) is 3.32. The van der Waals surface area contributed by atoms with Crippen LogP contribution in [0.15, 0.2) is 66.9 Å². The van der Waals surface area contributed by atoms with E-state index in [-0.39, 0.29) is 5.91 Å². The number of fused-ring (bicyclic) bond motifs is 1. The van der Waals surface area contributed by atoms with Crippen molar-refractivity contribution in [2.24, 2.45) is 0 Å². The maximum atomic E-state index is 12.4. The van der Waals surface area contributed by atoms with Gasteiger partial charge < -0.3 is 10.1 Å². The van der Waals surface area contributed by atoms with E-state index in [1.807, 2.05) is 54.6 Å². The maximum absolute atomic E-state index is 12.4. The van der Waals surface area contributed by atoms with E-state index >= 15 is 0 Å². The molecule has 2 heterocycles. The van der Waals surface area contributed by atoms with E-state index in [4.69, 9.17) is 16.3 Å². The topological polar surface area (TPSA) is 51.2 Å². The zero-order valence-electron chi connectivity index (χ0n) is 13.8. The predicted octanol–water partition coefficient (Wildman–Crippen LogP) is 4.81. The Morgan fingerprint density at radius 2 is 1.92 bits per heavy atom. The number of benzene rings is 2. The fourth-order valence-electron chi connectivity index (χ4n) is 2.83. The molecule has 0 atom stereocenters. The Hall–Kier alpha value is -3.11. The summed E-state index contributed by atoms with van der Waals surface area (Å²) in [5.41, 5.74) is 3.81. The SMILES string of the molecule is O=C1Nc2cc(Cl)ccc2/C1=C\c1ccccc1OCc1ccccn1. The van der Waals surface area contributed by atoms with Crippen molar-refractivity contribution in [1.29, 1.82) is 0 Å². The average Bonchev–Trinajstić information content (AvgIpc) is 2.96. The number of nitrogens with zero attached hydrogens (tertiary/aromatic N) is 1. The van der Waals surface area contributed by atoms with E-state index in [1.54, 1.807) is 18.3 Å². The van der Waals surface area contributed by atoms with Crippen molar-refractivity contribution < 1.29 is 9.53 Å². The number of halogens is 1. The molecule has 2 aromatic carbocycles. The van der Waals surface area contributed by atoms with Crippen molar-refractivity contribution in [2.45, 2.75) is 6.61 Å². The lowest BCUT2D eigenvalue weighted by Gasteiger charge is -2.09. The average molecular weight is 363 g/mol. The second-order valence-electron chi connectivity index (χ2n) is 5.85. The van der Waals surface area contributed by atoms with Gasteiger partial charge in [-0.25, -0.2) is 0 Å². The first-order valence-corrected chi connectivity index (χ1v) is 8.53. The first kappa shape index (κ1) is 16.4. The fourth-order valence-corrected chi connectivity index (χ4v) is 3.00. The molecule has 128 valence electrons. The van der Waals surface area contributed by atoms with Crippen molar-refractivity contribution in [3.8, 4) is 5.75 Å². The summed E-state index contributed by atoms with van der Waals surface area (Å²) in [5.74, 6) is 0.544. The van der Waals surface area contributed by atoms with E-state index in [1.165, 1.54) is 0 Å². The molecule has 0 saturated heterocycles. The number of hydrogen-bond acceptors (Lipinski definition) is 3. The van der Waals surface area contributed by atoms with Gasteiger partial charge in [0, 0.05) is 27.9 Å². The smallest absolute Gasteiger partial charge is 0.256 e. The number of pyridine rings is 1. The molecule has 0 radical (unpaired) electrons. The Labute approximate surface area is 156 Å². The number of amides is 1. The minimum Gasteiger partial charge on any atom is -0.487 e. The summed E-state index contributed by atoms with van der Waals surface area (Å²) < 4.78 is 5.92. The number of hydrogen-bond donors (Lipinski definition) is 1. The Kier molecular flexibility index (Phi) is 4.42. The summed E-state index contributed by atoms with van der Waals surface area (Å²) >= 11 is 6.01. The molecule has 0 unspecified atom stereocenters. The highest BCUT2D eigenvalue weighted by molar-refractivity contribution is 6.36. The zero-order valence-corrected chi connectivity index (χ0v) is 14.5. The lowest BCUT2D eigenvalue weighted by molar-refractivity contribution is -0.110. The molecule has 5 heteroatoms. The predicted molar refractivity (Wildman–Crippen MR) is 103 cm³/mol. The molecule has 0 fully saturated rings. The molecule has 1 aliphatic rings. The molecule has 0 bridgehead atoms. The highest BCUT2D eigenvalue weighted by atomic mass is 35.5. The van der Waals surface area contributed by atoms with Crippen LogP contribution in [0.4, 0.5) is 5.69 Å². The maximum Gasteiger partial charge on any atom is 0.256 e. The summed E-state index contributed by atoms with van der Waals surface area (Å²) in [5, 5.41) is 3.43. The Bertz CT molecular complexity index is 1000. The first-order chi connectivity index (χ1) is 12.7. The van der Waals surface area contributed by atoms with Crippen molar-refractivity contribution in [3.05, 3.63) is 88.7 Å². The standard InChI is InChI=1S/C21H15ClN2O2/c22-15-8-9-17-18(21(25)24-19(17)12-15)11-14-5-1-2-7-20(14)26-13-16-6-3-4-10-23-16/h1-12H,13H2,(H,24,25)/b18-11+. The quantitative estimate of drug-likeness (QED) is 0.678. The molecular weight excluding hydrogens is 348 g/mol. The van der Waals surface area contributed by atoms with Crippen LogP contribution in [0.2, 0.25) is 5.02 Å². The zero-order chi connectivity index (χ0) is 17.9. The third-order valence-electron chi connectivity index (χ3n) is 4.09. The van der Waals surface area contributed by atoms with Gasteiger partial charge in [-0.2, -0.15) is 0 Å². The van der Waals surface area contributed by atoms with Gasteiger partial charge in [0.15, 0.2) is 0 Å². The van der Waals surface area contributed by atoms with Crippen molar-refractivity contribution in [3.63, 3.8) is 0 Å². The van der Waals surface area contributed by atoms with E-state index in [2.05, 4.69) is 10.3 Å². The number of para-hydroxylation sites is 1. The van der Waals surface area contributed by atoms with Crippen molar-refractivity contribution >= 4 is 34.8 Å². The molecule has 0 aliphatic carbocycles. The summed E-state index contributed by atoms with van der Waals surface area (Å²) in [7, 11) is 0. The van der Waals surface area contributed by atoms with Gasteiger partial charge in [0.2, 0.25) is 0 Å². The third-order valence-corrected chi connectivity index (χ3v) is 4.32. The number of carbonyl (C=O) groups excluding carboxylic acids is 1.